The SMILES string of the molecule is Cn1nc(C(=O)Nc2cc(C(F)(F)F)ccc2N2CCCC2)c2ccccc2c1=O. The second kappa shape index (κ2) is 7.47. The summed E-state index contributed by atoms with van der Waals surface area (Å²) < 4.78 is 40.8. The van der Waals surface area contributed by atoms with Gasteiger partial charge >= 0.3 is 6.18 Å². The summed E-state index contributed by atoms with van der Waals surface area (Å²) in [5, 5.41) is 7.30. The molecule has 2 heterocycles. The van der Waals surface area contributed by atoms with Crippen molar-refractivity contribution in [3.8, 4) is 0 Å². The van der Waals surface area contributed by atoms with Gasteiger partial charge in [-0.05, 0) is 37.1 Å². The molecule has 1 saturated heterocycles. The van der Waals surface area contributed by atoms with E-state index in [0.717, 1.165) is 29.7 Å². The zero-order valence-electron chi connectivity index (χ0n) is 16.2. The number of halogens is 3. The van der Waals surface area contributed by atoms with E-state index < -0.39 is 17.6 Å². The molecular weight excluding hydrogens is 397 g/mol. The fraction of sp³-hybridized carbons (Fsp3) is 0.286. The van der Waals surface area contributed by atoms with Crippen LogP contribution in [0.1, 0.15) is 28.9 Å². The molecule has 0 spiro atoms. The first kappa shape index (κ1) is 19.9. The molecule has 30 heavy (non-hydrogen) atoms. The average molecular weight is 416 g/mol. The van der Waals surface area contributed by atoms with Crippen LogP contribution in [0, 0.1) is 0 Å². The predicted octanol–water partition coefficient (Wildman–Crippen LogP) is 3.80. The lowest BCUT2D eigenvalue weighted by Crippen LogP contribution is -2.26. The van der Waals surface area contributed by atoms with Crippen LogP contribution in [0.4, 0.5) is 24.5 Å². The molecule has 1 aliphatic heterocycles. The van der Waals surface area contributed by atoms with Crippen molar-refractivity contribution >= 4 is 28.1 Å². The van der Waals surface area contributed by atoms with Crippen molar-refractivity contribution in [2.24, 2.45) is 7.05 Å². The minimum Gasteiger partial charge on any atom is -0.370 e. The number of fused-ring (bicyclic) bond motifs is 1. The van der Waals surface area contributed by atoms with E-state index in [1.165, 1.54) is 13.1 Å². The second-order valence-corrected chi connectivity index (χ2v) is 7.20. The average Bonchev–Trinajstić information content (AvgIpc) is 3.24. The number of benzene rings is 2. The Morgan fingerprint density at radius 2 is 1.73 bits per heavy atom. The Labute approximate surface area is 169 Å². The Morgan fingerprint density at radius 3 is 2.40 bits per heavy atom. The molecule has 0 unspecified atom stereocenters. The number of carbonyl (C=O) groups excluding carboxylic acids is 1. The van der Waals surface area contributed by atoms with Crippen LogP contribution in [-0.4, -0.2) is 28.8 Å². The summed E-state index contributed by atoms with van der Waals surface area (Å²) in [6.45, 7) is 1.41. The van der Waals surface area contributed by atoms with Crippen LogP contribution in [-0.2, 0) is 13.2 Å². The second-order valence-electron chi connectivity index (χ2n) is 7.20. The first-order valence-corrected chi connectivity index (χ1v) is 9.49. The number of anilines is 2. The molecule has 0 radical (unpaired) electrons. The third-order valence-electron chi connectivity index (χ3n) is 5.19. The molecule has 1 fully saturated rings. The maximum atomic E-state index is 13.3. The first-order valence-electron chi connectivity index (χ1n) is 9.49. The number of amides is 1. The fourth-order valence-corrected chi connectivity index (χ4v) is 3.70. The Morgan fingerprint density at radius 1 is 1.07 bits per heavy atom. The number of aromatic nitrogens is 2. The summed E-state index contributed by atoms with van der Waals surface area (Å²) in [5.41, 5.74) is -0.644. The number of aryl methyl sites for hydroxylation is 1. The van der Waals surface area contributed by atoms with Gasteiger partial charge < -0.3 is 10.2 Å². The van der Waals surface area contributed by atoms with Crippen LogP contribution in [0.15, 0.2) is 47.3 Å². The molecule has 6 nitrogen and oxygen atoms in total. The van der Waals surface area contributed by atoms with Crippen molar-refractivity contribution in [3.63, 3.8) is 0 Å². The van der Waals surface area contributed by atoms with E-state index in [9.17, 15) is 22.8 Å². The lowest BCUT2D eigenvalue weighted by atomic mass is 10.1. The van der Waals surface area contributed by atoms with Crippen LogP contribution in [0.25, 0.3) is 10.8 Å². The first-order chi connectivity index (χ1) is 14.3. The summed E-state index contributed by atoms with van der Waals surface area (Å²) in [5.74, 6) is -0.679. The Balaban J connectivity index is 1.79. The number of nitrogens with zero attached hydrogens (tertiary/aromatic N) is 3. The van der Waals surface area contributed by atoms with E-state index >= 15 is 0 Å². The molecule has 9 heteroatoms. The van der Waals surface area contributed by atoms with Gasteiger partial charge in [-0.2, -0.15) is 18.3 Å². The van der Waals surface area contributed by atoms with Crippen molar-refractivity contribution in [1.82, 2.24) is 9.78 Å². The fourth-order valence-electron chi connectivity index (χ4n) is 3.70. The monoisotopic (exact) mass is 416 g/mol. The lowest BCUT2D eigenvalue weighted by Gasteiger charge is -2.23. The van der Waals surface area contributed by atoms with Crippen LogP contribution in [0.5, 0.6) is 0 Å². The Hall–Kier alpha value is -3.36. The van der Waals surface area contributed by atoms with E-state index in [0.29, 0.717) is 29.5 Å². The molecule has 0 bridgehead atoms. The predicted molar refractivity (Wildman–Crippen MR) is 108 cm³/mol. The minimum atomic E-state index is -4.54. The lowest BCUT2D eigenvalue weighted by molar-refractivity contribution is -0.137. The smallest absolute Gasteiger partial charge is 0.370 e. The molecule has 0 aliphatic carbocycles. The van der Waals surface area contributed by atoms with Gasteiger partial charge in [-0.1, -0.05) is 18.2 Å². The summed E-state index contributed by atoms with van der Waals surface area (Å²) in [7, 11) is 1.42. The third kappa shape index (κ3) is 3.62. The normalized spacial score (nSPS) is 14.3. The highest BCUT2D eigenvalue weighted by molar-refractivity contribution is 6.12. The third-order valence-corrected chi connectivity index (χ3v) is 5.19. The van der Waals surface area contributed by atoms with Crippen LogP contribution < -0.4 is 15.8 Å². The van der Waals surface area contributed by atoms with Gasteiger partial charge in [0, 0.05) is 25.5 Å². The van der Waals surface area contributed by atoms with Gasteiger partial charge in [0.2, 0.25) is 0 Å². The molecule has 156 valence electrons. The number of alkyl halides is 3. The van der Waals surface area contributed by atoms with Crippen molar-refractivity contribution in [2.75, 3.05) is 23.3 Å². The van der Waals surface area contributed by atoms with E-state index in [4.69, 9.17) is 0 Å². The van der Waals surface area contributed by atoms with Gasteiger partial charge in [-0.3, -0.25) is 9.59 Å². The number of rotatable bonds is 3. The van der Waals surface area contributed by atoms with Gasteiger partial charge in [-0.25, -0.2) is 4.68 Å². The molecule has 0 saturated carbocycles. The number of carbonyl (C=O) groups is 1. The molecule has 3 aromatic rings. The molecule has 1 amide bonds. The van der Waals surface area contributed by atoms with E-state index in [2.05, 4.69) is 10.4 Å². The van der Waals surface area contributed by atoms with Crippen molar-refractivity contribution in [3.05, 3.63) is 64.1 Å². The highest BCUT2D eigenvalue weighted by Crippen LogP contribution is 2.36. The number of hydrogen-bond donors (Lipinski definition) is 1. The van der Waals surface area contributed by atoms with E-state index in [1.54, 1.807) is 24.3 Å². The van der Waals surface area contributed by atoms with Gasteiger partial charge in [0.05, 0.1) is 22.3 Å². The minimum absolute atomic E-state index is 0.0301. The Kier molecular flexibility index (Phi) is 4.97. The topological polar surface area (TPSA) is 67.2 Å². The highest BCUT2D eigenvalue weighted by Gasteiger charge is 2.32. The van der Waals surface area contributed by atoms with Crippen molar-refractivity contribution < 1.29 is 18.0 Å². The summed E-state index contributed by atoms with van der Waals surface area (Å²) >= 11 is 0. The van der Waals surface area contributed by atoms with Crippen LogP contribution >= 0.6 is 0 Å². The summed E-state index contributed by atoms with van der Waals surface area (Å²) in [6.07, 6.45) is -2.67. The summed E-state index contributed by atoms with van der Waals surface area (Å²) in [4.78, 5) is 27.3. The highest BCUT2D eigenvalue weighted by atomic mass is 19.4. The van der Waals surface area contributed by atoms with E-state index in [-0.39, 0.29) is 16.9 Å². The zero-order chi connectivity index (χ0) is 21.5. The molecule has 1 aliphatic rings. The molecule has 0 atom stereocenters. The maximum Gasteiger partial charge on any atom is 0.416 e. The van der Waals surface area contributed by atoms with Gasteiger partial charge in [0.25, 0.3) is 11.5 Å². The van der Waals surface area contributed by atoms with Crippen LogP contribution in [0.3, 0.4) is 0 Å². The molecule has 2 aromatic carbocycles. The van der Waals surface area contributed by atoms with Gasteiger partial charge in [-0.15, -0.1) is 0 Å². The van der Waals surface area contributed by atoms with Crippen molar-refractivity contribution in [2.45, 2.75) is 19.0 Å². The quantitative estimate of drug-likeness (QED) is 0.705. The molecule has 1 aromatic heterocycles. The zero-order valence-corrected chi connectivity index (χ0v) is 16.2. The van der Waals surface area contributed by atoms with Gasteiger partial charge in [0.15, 0.2) is 5.69 Å². The van der Waals surface area contributed by atoms with Crippen LogP contribution in [0.2, 0.25) is 0 Å². The van der Waals surface area contributed by atoms with Crippen molar-refractivity contribution in [1.29, 1.82) is 0 Å². The Bertz CT molecular complexity index is 1180. The number of nitrogens with one attached hydrogen (secondary N) is 1. The standard InChI is InChI=1S/C21H19F3N4O2/c1-27-20(30)15-7-3-2-6-14(15)18(26-27)19(29)25-16-12-13(21(22,23)24)8-9-17(16)28-10-4-5-11-28/h2-3,6-9,12H,4-5,10-11H2,1H3,(H,25,29). The number of hydrogen-bond acceptors (Lipinski definition) is 4. The largest absolute Gasteiger partial charge is 0.416 e. The van der Waals surface area contributed by atoms with E-state index in [1.807, 2.05) is 4.90 Å². The molecule has 4 rings (SSSR count). The maximum absolute atomic E-state index is 13.3. The molecular formula is C21H19F3N4O2. The molecule has 1 N–H and O–H groups in total. The summed E-state index contributed by atoms with van der Waals surface area (Å²) in [6, 6.07) is 9.85. The van der Waals surface area contributed by atoms with Gasteiger partial charge in [0.1, 0.15) is 0 Å².